The van der Waals surface area contributed by atoms with E-state index in [1.165, 1.54) is 19.3 Å². The molecule has 1 fully saturated rings. The van der Waals surface area contributed by atoms with Gasteiger partial charge in [-0.25, -0.2) is 0 Å². The number of nitrogens with one attached hydrogen (secondary N) is 1. The molecule has 3 heteroatoms. The Kier molecular flexibility index (Phi) is 4.35. The normalized spacial score (nSPS) is 21.2. The minimum absolute atomic E-state index is 0.141. The summed E-state index contributed by atoms with van der Waals surface area (Å²) in [5.41, 5.74) is -0.141. The van der Waals surface area contributed by atoms with Gasteiger partial charge in [0.15, 0.2) is 0 Å². The summed E-state index contributed by atoms with van der Waals surface area (Å²) in [4.78, 5) is 2.51. The lowest BCUT2D eigenvalue weighted by molar-refractivity contribution is 0.121. The molecule has 0 aliphatic heterocycles. The van der Waals surface area contributed by atoms with Gasteiger partial charge in [-0.05, 0) is 39.8 Å². The first-order valence-corrected chi connectivity index (χ1v) is 5.69. The maximum Gasteiger partial charge on any atom is 0.0623 e. The lowest BCUT2D eigenvalue weighted by Gasteiger charge is -2.34. The second-order valence-corrected chi connectivity index (χ2v) is 4.67. The van der Waals surface area contributed by atoms with E-state index in [0.29, 0.717) is 0 Å². The van der Waals surface area contributed by atoms with E-state index in [4.69, 9.17) is 0 Å². The minimum Gasteiger partial charge on any atom is -0.394 e. The fourth-order valence-corrected chi connectivity index (χ4v) is 1.77. The minimum atomic E-state index is -0.141. The third kappa shape index (κ3) is 3.23. The van der Waals surface area contributed by atoms with Crippen molar-refractivity contribution < 1.29 is 5.11 Å². The Bertz CT molecular complexity index is 165. The van der Waals surface area contributed by atoms with Gasteiger partial charge in [0.2, 0.25) is 0 Å². The first-order valence-electron chi connectivity index (χ1n) is 5.69. The third-order valence-corrected chi connectivity index (χ3v) is 3.08. The highest BCUT2D eigenvalue weighted by atomic mass is 16.3. The molecule has 14 heavy (non-hydrogen) atoms. The first-order chi connectivity index (χ1) is 6.65. The van der Waals surface area contributed by atoms with Crippen molar-refractivity contribution >= 4 is 0 Å². The molecule has 0 aromatic heterocycles. The summed E-state index contributed by atoms with van der Waals surface area (Å²) in [7, 11) is 1.92. The number of likely N-dealkylation sites (N-methyl/N-ethyl adjacent to an activating group) is 1. The Labute approximate surface area is 87.5 Å². The van der Waals surface area contributed by atoms with Crippen LogP contribution < -0.4 is 5.32 Å². The van der Waals surface area contributed by atoms with Gasteiger partial charge in [-0.3, -0.25) is 4.90 Å². The Balaban J connectivity index is 2.43. The molecule has 1 atom stereocenters. The average Bonchev–Trinajstić information content (AvgIpc) is 3.00. The molecule has 1 aliphatic carbocycles. The van der Waals surface area contributed by atoms with E-state index in [-0.39, 0.29) is 12.1 Å². The summed E-state index contributed by atoms with van der Waals surface area (Å²) in [5.74, 6) is 0. The molecule has 1 rings (SSSR count). The molecule has 2 N–H and O–H groups in total. The van der Waals surface area contributed by atoms with Gasteiger partial charge in [0.05, 0.1) is 12.1 Å². The van der Waals surface area contributed by atoms with E-state index >= 15 is 0 Å². The fourth-order valence-electron chi connectivity index (χ4n) is 1.77. The number of aliphatic hydroxyl groups excluding tert-OH is 1. The van der Waals surface area contributed by atoms with Gasteiger partial charge < -0.3 is 10.4 Å². The van der Waals surface area contributed by atoms with E-state index in [9.17, 15) is 5.11 Å². The highest BCUT2D eigenvalue weighted by Gasteiger charge is 2.33. The molecule has 1 unspecified atom stereocenters. The van der Waals surface area contributed by atoms with E-state index in [2.05, 4.69) is 24.1 Å². The lowest BCUT2D eigenvalue weighted by Crippen LogP contribution is -2.53. The van der Waals surface area contributed by atoms with Crippen molar-refractivity contribution in [1.82, 2.24) is 10.2 Å². The molecule has 0 heterocycles. The van der Waals surface area contributed by atoms with Gasteiger partial charge in [-0.2, -0.15) is 0 Å². The molecular formula is C11H24N2O. The molecule has 3 nitrogen and oxygen atoms in total. The van der Waals surface area contributed by atoms with Gasteiger partial charge in [0.1, 0.15) is 0 Å². The Hall–Kier alpha value is -0.120. The van der Waals surface area contributed by atoms with Crippen LogP contribution in [0.2, 0.25) is 0 Å². The quantitative estimate of drug-likeness (QED) is 0.639. The summed E-state index contributed by atoms with van der Waals surface area (Å²) in [6, 6.07) is 0.786. The van der Waals surface area contributed by atoms with Crippen LogP contribution in [0.4, 0.5) is 0 Å². The Morgan fingerprint density at radius 3 is 2.50 bits per heavy atom. The van der Waals surface area contributed by atoms with Gasteiger partial charge >= 0.3 is 0 Å². The van der Waals surface area contributed by atoms with Crippen LogP contribution in [0, 0.1) is 0 Å². The largest absolute Gasteiger partial charge is 0.394 e. The lowest BCUT2D eigenvalue weighted by atomic mass is 10.0. The van der Waals surface area contributed by atoms with Crippen molar-refractivity contribution in [2.45, 2.75) is 44.7 Å². The second kappa shape index (κ2) is 5.10. The van der Waals surface area contributed by atoms with Crippen molar-refractivity contribution in [3.63, 3.8) is 0 Å². The van der Waals surface area contributed by atoms with Crippen LogP contribution in [-0.2, 0) is 0 Å². The summed E-state index contributed by atoms with van der Waals surface area (Å²) in [5, 5.41) is 12.5. The second-order valence-electron chi connectivity index (χ2n) is 4.67. The molecule has 0 amide bonds. The zero-order valence-electron chi connectivity index (χ0n) is 9.71. The molecule has 0 spiro atoms. The maximum atomic E-state index is 9.32. The molecule has 84 valence electrons. The molecule has 0 aromatic carbocycles. The maximum absolute atomic E-state index is 9.32. The predicted molar refractivity (Wildman–Crippen MR) is 59.4 cm³/mol. The smallest absolute Gasteiger partial charge is 0.0623 e. The van der Waals surface area contributed by atoms with Crippen LogP contribution in [0.5, 0.6) is 0 Å². The molecule has 0 saturated heterocycles. The van der Waals surface area contributed by atoms with Crippen LogP contribution in [-0.4, -0.2) is 48.3 Å². The summed E-state index contributed by atoms with van der Waals surface area (Å²) in [6.07, 6.45) is 3.87. The van der Waals surface area contributed by atoms with E-state index in [1.807, 2.05) is 7.05 Å². The standard InChI is InChI=1S/C11H24N2O/c1-4-7-13(10-5-6-10)8-11(2,9-14)12-3/h10,12,14H,4-9H2,1-3H3. The topological polar surface area (TPSA) is 35.5 Å². The van der Waals surface area contributed by atoms with Crippen molar-refractivity contribution in [2.75, 3.05) is 26.7 Å². The SMILES string of the molecule is CCCN(CC(C)(CO)NC)C1CC1. The van der Waals surface area contributed by atoms with E-state index in [0.717, 1.165) is 19.1 Å². The van der Waals surface area contributed by atoms with Gasteiger partial charge in [-0.15, -0.1) is 0 Å². The molecule has 0 radical (unpaired) electrons. The third-order valence-electron chi connectivity index (χ3n) is 3.08. The average molecular weight is 200 g/mol. The van der Waals surface area contributed by atoms with Gasteiger partial charge in [0.25, 0.3) is 0 Å². The number of rotatable bonds is 7. The summed E-state index contributed by atoms with van der Waals surface area (Å²) >= 11 is 0. The molecule has 1 aliphatic rings. The van der Waals surface area contributed by atoms with Crippen LogP contribution in [0.15, 0.2) is 0 Å². The van der Waals surface area contributed by atoms with Crippen LogP contribution in [0.25, 0.3) is 0 Å². The van der Waals surface area contributed by atoms with Crippen molar-refractivity contribution in [3.05, 3.63) is 0 Å². The van der Waals surface area contributed by atoms with Crippen molar-refractivity contribution in [2.24, 2.45) is 0 Å². The number of hydrogen-bond donors (Lipinski definition) is 2. The summed E-state index contributed by atoms with van der Waals surface area (Å²) in [6.45, 7) is 6.61. The van der Waals surface area contributed by atoms with Gasteiger partial charge in [0, 0.05) is 12.6 Å². The zero-order valence-corrected chi connectivity index (χ0v) is 9.71. The fraction of sp³-hybridized carbons (Fsp3) is 1.00. The highest BCUT2D eigenvalue weighted by molar-refractivity contribution is 4.91. The monoisotopic (exact) mass is 200 g/mol. The number of hydrogen-bond acceptors (Lipinski definition) is 3. The van der Waals surface area contributed by atoms with Crippen molar-refractivity contribution in [3.8, 4) is 0 Å². The first kappa shape index (κ1) is 12.0. The Morgan fingerprint density at radius 2 is 2.14 bits per heavy atom. The number of nitrogens with zero attached hydrogens (tertiary/aromatic N) is 1. The molecule has 0 bridgehead atoms. The van der Waals surface area contributed by atoms with Crippen LogP contribution in [0.3, 0.4) is 0 Å². The predicted octanol–water partition coefficient (Wildman–Crippen LogP) is 0.831. The Morgan fingerprint density at radius 1 is 1.50 bits per heavy atom. The van der Waals surface area contributed by atoms with Gasteiger partial charge in [-0.1, -0.05) is 6.92 Å². The zero-order chi connectivity index (χ0) is 10.6. The molecule has 0 aromatic rings. The number of aliphatic hydroxyl groups is 1. The van der Waals surface area contributed by atoms with E-state index < -0.39 is 0 Å². The van der Waals surface area contributed by atoms with Crippen molar-refractivity contribution in [1.29, 1.82) is 0 Å². The van der Waals surface area contributed by atoms with E-state index in [1.54, 1.807) is 0 Å². The van der Waals surface area contributed by atoms with Crippen LogP contribution in [0.1, 0.15) is 33.1 Å². The highest BCUT2D eigenvalue weighted by Crippen LogP contribution is 2.28. The molecular weight excluding hydrogens is 176 g/mol. The van der Waals surface area contributed by atoms with Crippen LogP contribution >= 0.6 is 0 Å². The molecule has 1 saturated carbocycles. The summed E-state index contributed by atoms with van der Waals surface area (Å²) < 4.78 is 0.